The summed E-state index contributed by atoms with van der Waals surface area (Å²) in [5.74, 6) is 0.650. The maximum Gasteiger partial charge on any atom is 0.256 e. The number of carbonyl (C=O) groups is 1. The van der Waals surface area contributed by atoms with E-state index in [4.69, 9.17) is 0 Å². The van der Waals surface area contributed by atoms with Gasteiger partial charge in [-0.05, 0) is 60.4 Å². The van der Waals surface area contributed by atoms with Gasteiger partial charge < -0.3 is 4.90 Å². The summed E-state index contributed by atoms with van der Waals surface area (Å²) in [6.45, 7) is 2.56. The quantitative estimate of drug-likeness (QED) is 0.727. The van der Waals surface area contributed by atoms with E-state index >= 15 is 0 Å². The zero-order valence-electron chi connectivity index (χ0n) is 14.6. The first-order valence-electron chi connectivity index (χ1n) is 8.81. The van der Waals surface area contributed by atoms with E-state index in [0.29, 0.717) is 17.1 Å². The molecular formula is C19H20N6O. The fraction of sp³-hybridized carbons (Fsp3) is 0.316. The Bertz CT molecular complexity index is 907. The van der Waals surface area contributed by atoms with Gasteiger partial charge in [-0.2, -0.15) is 4.68 Å². The van der Waals surface area contributed by atoms with E-state index in [9.17, 15) is 4.79 Å². The number of carbonyl (C=O) groups excluding carboxylic acids is 1. The molecule has 0 radical (unpaired) electrons. The van der Waals surface area contributed by atoms with Crippen LogP contribution in [-0.4, -0.2) is 42.5 Å². The first-order chi connectivity index (χ1) is 12.8. The Morgan fingerprint density at radius 3 is 2.81 bits per heavy atom. The number of hydrogen-bond acceptors (Lipinski definition) is 5. The van der Waals surface area contributed by atoms with E-state index in [0.717, 1.165) is 31.4 Å². The number of piperidine rings is 1. The first kappa shape index (κ1) is 16.4. The highest BCUT2D eigenvalue weighted by Gasteiger charge is 2.30. The van der Waals surface area contributed by atoms with Crippen LogP contribution in [0.15, 0.2) is 48.8 Å². The monoisotopic (exact) mass is 348 g/mol. The van der Waals surface area contributed by atoms with Gasteiger partial charge in [0.25, 0.3) is 5.91 Å². The van der Waals surface area contributed by atoms with Crippen molar-refractivity contribution in [1.29, 1.82) is 0 Å². The normalized spacial score (nSPS) is 17.3. The van der Waals surface area contributed by atoms with Gasteiger partial charge >= 0.3 is 0 Å². The molecule has 0 saturated carbocycles. The zero-order chi connectivity index (χ0) is 17.9. The Hall–Kier alpha value is -3.09. The highest BCUT2D eigenvalue weighted by atomic mass is 16.2. The number of hydrogen-bond donors (Lipinski definition) is 0. The van der Waals surface area contributed by atoms with Gasteiger partial charge in [0, 0.05) is 18.9 Å². The molecular weight excluding hydrogens is 328 g/mol. The van der Waals surface area contributed by atoms with Crippen LogP contribution in [0.2, 0.25) is 0 Å². The number of pyridine rings is 1. The lowest BCUT2D eigenvalue weighted by molar-refractivity contribution is 0.0611. The van der Waals surface area contributed by atoms with Crippen LogP contribution < -0.4 is 0 Å². The highest BCUT2D eigenvalue weighted by molar-refractivity contribution is 5.98. The Balaban J connectivity index is 1.72. The maximum atomic E-state index is 13.4. The summed E-state index contributed by atoms with van der Waals surface area (Å²) in [6, 6.07) is 11.5. The summed E-state index contributed by atoms with van der Waals surface area (Å²) in [7, 11) is 0. The molecule has 0 aliphatic carbocycles. The van der Waals surface area contributed by atoms with Gasteiger partial charge in [0.05, 0.1) is 17.3 Å². The van der Waals surface area contributed by atoms with Crippen LogP contribution in [0.1, 0.15) is 47.1 Å². The average Bonchev–Trinajstić information content (AvgIpc) is 3.14. The van der Waals surface area contributed by atoms with Crippen LogP contribution in [0, 0.1) is 6.92 Å². The predicted molar refractivity (Wildman–Crippen MR) is 95.8 cm³/mol. The Morgan fingerprint density at radius 1 is 1.15 bits per heavy atom. The molecule has 7 heteroatoms. The molecule has 4 rings (SSSR count). The Kier molecular flexibility index (Phi) is 4.43. The lowest BCUT2D eigenvalue weighted by Crippen LogP contribution is -2.39. The molecule has 26 heavy (non-hydrogen) atoms. The van der Waals surface area contributed by atoms with Crippen molar-refractivity contribution in [3.63, 3.8) is 0 Å². The standard InChI is InChI=1S/C19H20N6O/c1-14-21-22-23-25(14)18-10-3-2-8-16(18)19(26)24-12-5-4-9-17(24)15-7-6-11-20-13-15/h2-3,6-8,10-11,13,17H,4-5,9,12H2,1H3. The minimum absolute atomic E-state index is 0.00375. The molecule has 0 bridgehead atoms. The van der Waals surface area contributed by atoms with E-state index in [2.05, 4.69) is 20.5 Å². The minimum atomic E-state index is 0.00375. The number of benzene rings is 1. The number of nitrogens with zero attached hydrogens (tertiary/aromatic N) is 6. The molecule has 1 atom stereocenters. The molecule has 0 N–H and O–H groups in total. The molecule has 7 nitrogen and oxygen atoms in total. The second-order valence-electron chi connectivity index (χ2n) is 6.45. The van der Waals surface area contributed by atoms with Crippen molar-refractivity contribution >= 4 is 5.91 Å². The summed E-state index contributed by atoms with van der Waals surface area (Å²) in [4.78, 5) is 19.6. The minimum Gasteiger partial charge on any atom is -0.331 e. The van der Waals surface area contributed by atoms with Gasteiger partial charge in [-0.15, -0.1) is 5.10 Å². The summed E-state index contributed by atoms with van der Waals surface area (Å²) in [6.07, 6.45) is 6.68. The van der Waals surface area contributed by atoms with Crippen molar-refractivity contribution in [1.82, 2.24) is 30.1 Å². The van der Waals surface area contributed by atoms with E-state index < -0.39 is 0 Å². The average molecular weight is 348 g/mol. The summed E-state index contributed by atoms with van der Waals surface area (Å²) < 4.78 is 1.61. The molecule has 3 aromatic rings. The van der Waals surface area contributed by atoms with Gasteiger partial charge in [0.15, 0.2) is 5.82 Å². The predicted octanol–water partition coefficient (Wildman–Crippen LogP) is 2.73. The van der Waals surface area contributed by atoms with E-state index in [1.54, 1.807) is 10.9 Å². The van der Waals surface area contributed by atoms with Gasteiger partial charge in [-0.1, -0.05) is 18.2 Å². The lowest BCUT2D eigenvalue weighted by Gasteiger charge is -2.36. The second kappa shape index (κ2) is 7.03. The summed E-state index contributed by atoms with van der Waals surface area (Å²) in [5, 5.41) is 11.7. The number of para-hydroxylation sites is 1. The number of amides is 1. The molecule has 2 aromatic heterocycles. The lowest BCUT2D eigenvalue weighted by atomic mass is 9.95. The van der Waals surface area contributed by atoms with Crippen LogP contribution in [0.5, 0.6) is 0 Å². The molecule has 1 aliphatic rings. The third-order valence-corrected chi connectivity index (χ3v) is 4.82. The highest BCUT2D eigenvalue weighted by Crippen LogP contribution is 2.32. The molecule has 1 aromatic carbocycles. The third kappa shape index (κ3) is 2.96. The maximum absolute atomic E-state index is 13.4. The van der Waals surface area contributed by atoms with Crippen molar-refractivity contribution < 1.29 is 4.79 Å². The number of rotatable bonds is 3. The van der Waals surface area contributed by atoms with Crippen LogP contribution in [0.25, 0.3) is 5.69 Å². The SMILES string of the molecule is Cc1nnnn1-c1ccccc1C(=O)N1CCCCC1c1cccnc1. The fourth-order valence-corrected chi connectivity index (χ4v) is 3.54. The summed E-state index contributed by atoms with van der Waals surface area (Å²) in [5.41, 5.74) is 2.39. The van der Waals surface area contributed by atoms with E-state index in [1.165, 1.54) is 0 Å². The number of tetrazole rings is 1. The van der Waals surface area contributed by atoms with Gasteiger partial charge in [0.1, 0.15) is 0 Å². The molecule has 1 saturated heterocycles. The first-order valence-corrected chi connectivity index (χ1v) is 8.81. The molecule has 3 heterocycles. The third-order valence-electron chi connectivity index (χ3n) is 4.82. The Morgan fingerprint density at radius 2 is 2.04 bits per heavy atom. The smallest absolute Gasteiger partial charge is 0.256 e. The van der Waals surface area contributed by atoms with Crippen LogP contribution in [-0.2, 0) is 0 Å². The fourth-order valence-electron chi connectivity index (χ4n) is 3.54. The Labute approximate surface area is 151 Å². The largest absolute Gasteiger partial charge is 0.331 e. The van der Waals surface area contributed by atoms with Crippen LogP contribution in [0.4, 0.5) is 0 Å². The summed E-state index contributed by atoms with van der Waals surface area (Å²) >= 11 is 0. The van der Waals surface area contributed by atoms with E-state index in [-0.39, 0.29) is 11.9 Å². The molecule has 1 amide bonds. The van der Waals surface area contributed by atoms with Gasteiger partial charge in [-0.3, -0.25) is 9.78 Å². The molecule has 1 unspecified atom stereocenters. The topological polar surface area (TPSA) is 76.8 Å². The van der Waals surface area contributed by atoms with Crippen molar-refractivity contribution in [2.24, 2.45) is 0 Å². The molecule has 0 spiro atoms. The number of likely N-dealkylation sites (tertiary alicyclic amines) is 1. The molecule has 132 valence electrons. The van der Waals surface area contributed by atoms with E-state index in [1.807, 2.05) is 54.4 Å². The van der Waals surface area contributed by atoms with Crippen LogP contribution in [0.3, 0.4) is 0 Å². The van der Waals surface area contributed by atoms with Gasteiger partial charge in [-0.25, -0.2) is 0 Å². The molecule has 1 fully saturated rings. The van der Waals surface area contributed by atoms with Crippen molar-refractivity contribution in [2.75, 3.05) is 6.54 Å². The zero-order valence-corrected chi connectivity index (χ0v) is 14.6. The number of aryl methyl sites for hydroxylation is 1. The van der Waals surface area contributed by atoms with Crippen LogP contribution >= 0.6 is 0 Å². The van der Waals surface area contributed by atoms with Crippen molar-refractivity contribution in [2.45, 2.75) is 32.2 Å². The molecule has 1 aliphatic heterocycles. The van der Waals surface area contributed by atoms with Gasteiger partial charge in [0.2, 0.25) is 0 Å². The van der Waals surface area contributed by atoms with Crippen molar-refractivity contribution in [3.05, 3.63) is 65.7 Å². The van der Waals surface area contributed by atoms with Crippen molar-refractivity contribution in [3.8, 4) is 5.69 Å². The number of aromatic nitrogens is 5. The second-order valence-corrected chi connectivity index (χ2v) is 6.45.